The number of carbonyl (C=O) groups excluding carboxylic acids is 1. The van der Waals surface area contributed by atoms with Crippen molar-refractivity contribution in [3.8, 4) is 0 Å². The Kier molecular flexibility index (Phi) is 4.51. The van der Waals surface area contributed by atoms with Gasteiger partial charge < -0.3 is 5.32 Å². The van der Waals surface area contributed by atoms with Crippen LogP contribution in [0.5, 0.6) is 0 Å². The SMILES string of the molecule is CC1(C)CCCC1C(=O)NC(CCl)c1ccccc1. The molecule has 1 amide bonds. The van der Waals surface area contributed by atoms with E-state index in [4.69, 9.17) is 11.6 Å². The molecule has 104 valence electrons. The van der Waals surface area contributed by atoms with Crippen LogP contribution in [0.25, 0.3) is 0 Å². The number of benzene rings is 1. The third kappa shape index (κ3) is 3.30. The maximum atomic E-state index is 12.4. The van der Waals surface area contributed by atoms with Crippen molar-refractivity contribution in [3.63, 3.8) is 0 Å². The van der Waals surface area contributed by atoms with Gasteiger partial charge in [0.2, 0.25) is 5.91 Å². The van der Waals surface area contributed by atoms with E-state index in [9.17, 15) is 4.79 Å². The smallest absolute Gasteiger partial charge is 0.224 e. The first-order chi connectivity index (χ1) is 9.04. The summed E-state index contributed by atoms with van der Waals surface area (Å²) < 4.78 is 0. The predicted molar refractivity (Wildman–Crippen MR) is 79.2 cm³/mol. The Labute approximate surface area is 120 Å². The van der Waals surface area contributed by atoms with Gasteiger partial charge in [-0.1, -0.05) is 50.6 Å². The molecule has 1 saturated carbocycles. The molecule has 0 radical (unpaired) electrons. The minimum Gasteiger partial charge on any atom is -0.348 e. The molecule has 1 aromatic rings. The van der Waals surface area contributed by atoms with E-state index in [2.05, 4.69) is 19.2 Å². The van der Waals surface area contributed by atoms with Crippen molar-refractivity contribution >= 4 is 17.5 Å². The summed E-state index contributed by atoms with van der Waals surface area (Å²) in [5.74, 6) is 0.669. The van der Waals surface area contributed by atoms with Crippen LogP contribution in [0, 0.1) is 11.3 Å². The lowest BCUT2D eigenvalue weighted by Crippen LogP contribution is -2.38. The van der Waals surface area contributed by atoms with E-state index >= 15 is 0 Å². The van der Waals surface area contributed by atoms with Gasteiger partial charge in [0.15, 0.2) is 0 Å². The fourth-order valence-corrected chi connectivity index (χ4v) is 3.24. The van der Waals surface area contributed by atoms with Gasteiger partial charge in [-0.05, 0) is 23.8 Å². The first kappa shape index (κ1) is 14.4. The van der Waals surface area contributed by atoms with E-state index in [1.54, 1.807) is 0 Å². The van der Waals surface area contributed by atoms with Crippen LogP contribution in [-0.4, -0.2) is 11.8 Å². The molecule has 1 aliphatic carbocycles. The molecule has 0 spiro atoms. The second-order valence-electron chi connectivity index (χ2n) is 6.06. The zero-order valence-electron chi connectivity index (χ0n) is 11.7. The summed E-state index contributed by atoms with van der Waals surface area (Å²) in [4.78, 5) is 12.4. The second-order valence-corrected chi connectivity index (χ2v) is 6.37. The number of hydrogen-bond donors (Lipinski definition) is 1. The minimum absolute atomic E-state index is 0.0910. The molecule has 1 fully saturated rings. The van der Waals surface area contributed by atoms with Gasteiger partial charge in [0, 0.05) is 11.8 Å². The number of amides is 1. The number of halogens is 1. The molecule has 0 aliphatic heterocycles. The second kappa shape index (κ2) is 5.96. The van der Waals surface area contributed by atoms with E-state index in [0.29, 0.717) is 5.88 Å². The normalized spacial score (nSPS) is 23.0. The van der Waals surface area contributed by atoms with E-state index in [1.165, 1.54) is 0 Å². The molecule has 19 heavy (non-hydrogen) atoms. The number of hydrogen-bond acceptors (Lipinski definition) is 1. The lowest BCUT2D eigenvalue weighted by Gasteiger charge is -2.28. The van der Waals surface area contributed by atoms with Crippen LogP contribution in [0.3, 0.4) is 0 Å². The lowest BCUT2D eigenvalue weighted by atomic mass is 9.81. The van der Waals surface area contributed by atoms with Crippen molar-refractivity contribution in [2.75, 3.05) is 5.88 Å². The summed E-state index contributed by atoms with van der Waals surface area (Å²) in [6, 6.07) is 9.84. The predicted octanol–water partition coefficient (Wildman–Crippen LogP) is 3.91. The summed E-state index contributed by atoms with van der Waals surface area (Å²) >= 11 is 6.01. The summed E-state index contributed by atoms with van der Waals surface area (Å²) in [6.45, 7) is 4.37. The highest BCUT2D eigenvalue weighted by atomic mass is 35.5. The average Bonchev–Trinajstić information content (AvgIpc) is 2.76. The number of alkyl halides is 1. The summed E-state index contributed by atoms with van der Waals surface area (Å²) in [6.07, 6.45) is 3.26. The zero-order valence-corrected chi connectivity index (χ0v) is 12.4. The molecule has 0 bridgehead atoms. The van der Waals surface area contributed by atoms with Crippen LogP contribution in [0.2, 0.25) is 0 Å². The topological polar surface area (TPSA) is 29.1 Å². The molecule has 1 aromatic carbocycles. The highest BCUT2D eigenvalue weighted by Gasteiger charge is 2.39. The Morgan fingerprint density at radius 2 is 2.11 bits per heavy atom. The third-order valence-electron chi connectivity index (χ3n) is 4.25. The Morgan fingerprint density at radius 3 is 2.63 bits per heavy atom. The standard InChI is InChI=1S/C16H22ClNO/c1-16(2)10-6-9-13(16)15(19)18-14(11-17)12-7-4-3-5-8-12/h3-5,7-8,13-14H,6,9-11H2,1-2H3,(H,18,19). The number of carbonyl (C=O) groups is 1. The van der Waals surface area contributed by atoms with Crippen LogP contribution >= 0.6 is 11.6 Å². The summed E-state index contributed by atoms with van der Waals surface area (Å²) in [5.41, 5.74) is 1.18. The van der Waals surface area contributed by atoms with Crippen molar-refractivity contribution in [2.45, 2.75) is 39.2 Å². The molecule has 1 aliphatic rings. The minimum atomic E-state index is -0.0910. The molecular formula is C16H22ClNO. The Bertz CT molecular complexity index is 430. The van der Waals surface area contributed by atoms with E-state index < -0.39 is 0 Å². The quantitative estimate of drug-likeness (QED) is 0.832. The fourth-order valence-electron chi connectivity index (χ4n) is 2.98. The van der Waals surface area contributed by atoms with Gasteiger partial charge in [0.25, 0.3) is 0 Å². The molecule has 0 aromatic heterocycles. The van der Waals surface area contributed by atoms with Crippen LogP contribution in [0.15, 0.2) is 30.3 Å². The van der Waals surface area contributed by atoms with Crippen molar-refractivity contribution in [2.24, 2.45) is 11.3 Å². The van der Waals surface area contributed by atoms with Crippen LogP contribution < -0.4 is 5.32 Å². The van der Waals surface area contributed by atoms with Crippen molar-refractivity contribution < 1.29 is 4.79 Å². The number of nitrogens with one attached hydrogen (secondary N) is 1. The molecule has 3 heteroatoms. The van der Waals surface area contributed by atoms with Gasteiger partial charge in [0.1, 0.15) is 0 Å². The zero-order chi connectivity index (χ0) is 13.9. The monoisotopic (exact) mass is 279 g/mol. The maximum Gasteiger partial charge on any atom is 0.224 e. The first-order valence-electron chi connectivity index (χ1n) is 6.96. The van der Waals surface area contributed by atoms with Crippen molar-refractivity contribution in [1.82, 2.24) is 5.32 Å². The molecular weight excluding hydrogens is 258 g/mol. The molecule has 2 rings (SSSR count). The Hall–Kier alpha value is -1.02. The average molecular weight is 280 g/mol. The summed E-state index contributed by atoms with van der Waals surface area (Å²) in [5, 5.41) is 3.11. The molecule has 0 saturated heterocycles. The Balaban J connectivity index is 2.05. The fraction of sp³-hybridized carbons (Fsp3) is 0.562. The highest BCUT2D eigenvalue weighted by molar-refractivity contribution is 6.18. The first-order valence-corrected chi connectivity index (χ1v) is 7.49. The van der Waals surface area contributed by atoms with Crippen LogP contribution in [0.1, 0.15) is 44.7 Å². The molecule has 2 atom stereocenters. The van der Waals surface area contributed by atoms with Gasteiger partial charge in [-0.2, -0.15) is 0 Å². The van der Waals surface area contributed by atoms with Gasteiger partial charge in [-0.25, -0.2) is 0 Å². The lowest BCUT2D eigenvalue weighted by molar-refractivity contribution is -0.128. The molecule has 0 heterocycles. The van der Waals surface area contributed by atoms with E-state index in [0.717, 1.165) is 24.8 Å². The largest absolute Gasteiger partial charge is 0.348 e. The van der Waals surface area contributed by atoms with Gasteiger partial charge in [0.05, 0.1) is 6.04 Å². The highest BCUT2D eigenvalue weighted by Crippen LogP contribution is 2.42. The summed E-state index contributed by atoms with van der Waals surface area (Å²) in [7, 11) is 0. The van der Waals surface area contributed by atoms with Crippen LogP contribution in [-0.2, 0) is 4.79 Å². The third-order valence-corrected chi connectivity index (χ3v) is 4.56. The van der Waals surface area contributed by atoms with Gasteiger partial charge in [-0.15, -0.1) is 11.6 Å². The number of rotatable bonds is 4. The van der Waals surface area contributed by atoms with Gasteiger partial charge in [-0.3, -0.25) is 4.79 Å². The molecule has 2 nitrogen and oxygen atoms in total. The van der Waals surface area contributed by atoms with Crippen LogP contribution in [0.4, 0.5) is 0 Å². The van der Waals surface area contributed by atoms with E-state index in [-0.39, 0.29) is 23.3 Å². The van der Waals surface area contributed by atoms with E-state index in [1.807, 2.05) is 30.3 Å². The molecule has 2 unspecified atom stereocenters. The van der Waals surface area contributed by atoms with Gasteiger partial charge >= 0.3 is 0 Å². The Morgan fingerprint density at radius 1 is 1.42 bits per heavy atom. The molecule has 1 N–H and O–H groups in total. The maximum absolute atomic E-state index is 12.4. The van der Waals surface area contributed by atoms with Crippen molar-refractivity contribution in [3.05, 3.63) is 35.9 Å². The van der Waals surface area contributed by atoms with Crippen molar-refractivity contribution in [1.29, 1.82) is 0 Å².